The number of rotatable bonds is 5. The molecule has 9 nitrogen and oxygen atoms in total. The maximum Gasteiger partial charge on any atom is 0.303 e. The van der Waals surface area contributed by atoms with Gasteiger partial charge in [-0.3, -0.25) is 19.3 Å². The van der Waals surface area contributed by atoms with Crippen LogP contribution in [0.4, 0.5) is 0 Å². The van der Waals surface area contributed by atoms with E-state index in [1.807, 2.05) is 4.90 Å². The molecule has 0 aromatic rings. The van der Waals surface area contributed by atoms with E-state index >= 15 is 0 Å². The summed E-state index contributed by atoms with van der Waals surface area (Å²) in [7, 11) is 0. The summed E-state index contributed by atoms with van der Waals surface area (Å²) in [6, 6.07) is 0. The maximum absolute atomic E-state index is 11.5. The molecule has 2 aliphatic rings. The van der Waals surface area contributed by atoms with Crippen molar-refractivity contribution < 1.29 is 38.4 Å². The van der Waals surface area contributed by atoms with E-state index in [0.29, 0.717) is 0 Å². The van der Waals surface area contributed by atoms with Crippen molar-refractivity contribution in [3.63, 3.8) is 0 Å². The minimum absolute atomic E-state index is 0.178. The number of piperidine rings is 1. The van der Waals surface area contributed by atoms with Crippen molar-refractivity contribution in [3.05, 3.63) is 0 Å². The highest BCUT2D eigenvalue weighted by Gasteiger charge is 2.51. The third-order valence-electron chi connectivity index (χ3n) is 4.44. The van der Waals surface area contributed by atoms with Crippen LogP contribution in [0.25, 0.3) is 0 Å². The van der Waals surface area contributed by atoms with Crippen molar-refractivity contribution in [3.8, 4) is 0 Å². The lowest BCUT2D eigenvalue weighted by molar-refractivity contribution is -0.276. The molecule has 1 N–H and O–H groups in total. The molecule has 0 aromatic heterocycles. The van der Waals surface area contributed by atoms with Crippen LogP contribution in [0.3, 0.4) is 0 Å². The van der Waals surface area contributed by atoms with Crippen LogP contribution in [0.15, 0.2) is 0 Å². The molecule has 0 amide bonds. The van der Waals surface area contributed by atoms with Crippen LogP contribution in [0.2, 0.25) is 0 Å². The molecule has 0 spiro atoms. The predicted octanol–water partition coefficient (Wildman–Crippen LogP) is -0.0154. The fourth-order valence-electron chi connectivity index (χ4n) is 3.38. The highest BCUT2D eigenvalue weighted by Crippen LogP contribution is 2.30. The van der Waals surface area contributed by atoms with Gasteiger partial charge in [0.2, 0.25) is 0 Å². The number of carbonyl (C=O) groups excluding carboxylic acids is 3. The van der Waals surface area contributed by atoms with Crippen LogP contribution < -0.4 is 0 Å². The van der Waals surface area contributed by atoms with Crippen molar-refractivity contribution in [1.82, 2.24) is 4.90 Å². The number of esters is 3. The second-order valence-electron chi connectivity index (χ2n) is 6.60. The summed E-state index contributed by atoms with van der Waals surface area (Å²) in [5, 5.41) is 10.8. The van der Waals surface area contributed by atoms with Crippen molar-refractivity contribution in [2.45, 2.75) is 70.7 Å². The van der Waals surface area contributed by atoms with Gasteiger partial charge >= 0.3 is 17.9 Å². The summed E-state index contributed by atoms with van der Waals surface area (Å²) in [5.74, 6) is -1.75. The van der Waals surface area contributed by atoms with E-state index in [2.05, 4.69) is 0 Å². The third-order valence-corrected chi connectivity index (χ3v) is 4.44. The number of hydrogen-bond donors (Lipinski definition) is 1. The van der Waals surface area contributed by atoms with Gasteiger partial charge in [-0.15, -0.1) is 0 Å². The van der Waals surface area contributed by atoms with Crippen LogP contribution in [-0.4, -0.2) is 78.3 Å². The average molecular weight is 373 g/mol. The first kappa shape index (κ1) is 20.6. The Morgan fingerprint density at radius 1 is 0.962 bits per heavy atom. The second kappa shape index (κ2) is 9.29. The minimum Gasteiger partial charge on any atom is -0.463 e. The molecule has 0 radical (unpaired) electrons. The van der Waals surface area contributed by atoms with E-state index in [4.69, 9.17) is 18.9 Å². The van der Waals surface area contributed by atoms with Crippen molar-refractivity contribution in [1.29, 1.82) is 0 Å². The molecule has 2 rings (SSSR count). The molecule has 0 saturated carbocycles. The first-order chi connectivity index (χ1) is 12.3. The van der Waals surface area contributed by atoms with Gasteiger partial charge in [-0.1, -0.05) is 6.42 Å². The Labute approximate surface area is 152 Å². The first-order valence-corrected chi connectivity index (χ1v) is 8.85. The number of likely N-dealkylation sites (tertiary alicyclic amines) is 1. The van der Waals surface area contributed by atoms with Crippen LogP contribution in [-0.2, 0) is 33.3 Å². The summed E-state index contributed by atoms with van der Waals surface area (Å²) < 4.78 is 21.5. The van der Waals surface area contributed by atoms with Crippen molar-refractivity contribution >= 4 is 17.9 Å². The molecular formula is C17H27NO8. The molecule has 2 saturated heterocycles. The average Bonchev–Trinajstić information content (AvgIpc) is 2.57. The molecule has 2 fully saturated rings. The Morgan fingerprint density at radius 2 is 1.54 bits per heavy atom. The van der Waals surface area contributed by atoms with Gasteiger partial charge in [0.1, 0.15) is 25.0 Å². The molecule has 148 valence electrons. The number of carbonyl (C=O) groups is 3. The fourth-order valence-corrected chi connectivity index (χ4v) is 3.38. The van der Waals surface area contributed by atoms with Gasteiger partial charge in [0.25, 0.3) is 0 Å². The first-order valence-electron chi connectivity index (χ1n) is 8.85. The molecule has 1 unspecified atom stereocenters. The quantitative estimate of drug-likeness (QED) is 0.525. The zero-order chi connectivity index (χ0) is 19.3. The van der Waals surface area contributed by atoms with Crippen LogP contribution in [0.1, 0.15) is 40.0 Å². The lowest BCUT2D eigenvalue weighted by atomic mass is 9.96. The van der Waals surface area contributed by atoms with Gasteiger partial charge < -0.3 is 24.1 Å². The van der Waals surface area contributed by atoms with Gasteiger partial charge in [0.15, 0.2) is 12.2 Å². The summed E-state index contributed by atoms with van der Waals surface area (Å²) in [6.07, 6.45) is -1.96. The molecule has 5 atom stereocenters. The van der Waals surface area contributed by atoms with E-state index in [9.17, 15) is 19.5 Å². The van der Waals surface area contributed by atoms with Crippen molar-refractivity contribution in [2.24, 2.45) is 0 Å². The number of hydrogen-bond acceptors (Lipinski definition) is 9. The number of aliphatic hydroxyl groups excluding tert-OH is 1. The van der Waals surface area contributed by atoms with Gasteiger partial charge in [0.05, 0.1) is 0 Å². The lowest BCUT2D eigenvalue weighted by Gasteiger charge is -2.47. The Balaban J connectivity index is 2.25. The minimum atomic E-state index is -1.20. The molecule has 0 bridgehead atoms. The van der Waals surface area contributed by atoms with E-state index in [1.165, 1.54) is 20.8 Å². The molecular weight excluding hydrogens is 346 g/mol. The second-order valence-corrected chi connectivity index (χ2v) is 6.60. The third kappa shape index (κ3) is 5.39. The smallest absolute Gasteiger partial charge is 0.303 e. The summed E-state index contributed by atoms with van der Waals surface area (Å²) in [6.45, 7) is 4.95. The zero-order valence-electron chi connectivity index (χ0n) is 15.4. The molecule has 2 aliphatic heterocycles. The zero-order valence-corrected chi connectivity index (χ0v) is 15.4. The largest absolute Gasteiger partial charge is 0.463 e. The maximum atomic E-state index is 11.5. The standard InChI is InChI=1S/C17H27NO8/c1-10(19)23-9-13-15(24-11(2)20)16(25-12(3)21)14(22)17(26-13)18-7-5-4-6-8-18/h13-17,22H,4-9H2,1-3H3/t13-,14-,15-,16-,17?/m1/s1. The summed E-state index contributed by atoms with van der Waals surface area (Å²) >= 11 is 0. The van der Waals surface area contributed by atoms with E-state index in [0.717, 1.165) is 32.4 Å². The molecule has 0 aromatic carbocycles. The summed E-state index contributed by atoms with van der Waals surface area (Å²) in [5.41, 5.74) is 0. The van der Waals surface area contributed by atoms with Crippen LogP contribution in [0, 0.1) is 0 Å². The monoisotopic (exact) mass is 373 g/mol. The molecule has 26 heavy (non-hydrogen) atoms. The molecule has 2 heterocycles. The van der Waals surface area contributed by atoms with Gasteiger partial charge in [0, 0.05) is 33.9 Å². The van der Waals surface area contributed by atoms with Crippen LogP contribution >= 0.6 is 0 Å². The number of aliphatic hydroxyl groups is 1. The summed E-state index contributed by atoms with van der Waals surface area (Å²) in [4.78, 5) is 36.2. The highest BCUT2D eigenvalue weighted by atomic mass is 16.6. The van der Waals surface area contributed by atoms with E-state index in [1.54, 1.807) is 0 Å². The molecule has 9 heteroatoms. The predicted molar refractivity (Wildman–Crippen MR) is 87.8 cm³/mol. The van der Waals surface area contributed by atoms with Crippen molar-refractivity contribution in [2.75, 3.05) is 19.7 Å². The number of ether oxygens (including phenoxy) is 4. The van der Waals surface area contributed by atoms with Gasteiger partial charge in [-0.05, 0) is 12.8 Å². The Hall–Kier alpha value is -1.71. The van der Waals surface area contributed by atoms with Gasteiger partial charge in [-0.25, -0.2) is 0 Å². The lowest BCUT2D eigenvalue weighted by Crippen LogP contribution is -2.65. The Kier molecular flexibility index (Phi) is 7.36. The Morgan fingerprint density at radius 3 is 2.08 bits per heavy atom. The molecule has 0 aliphatic carbocycles. The number of nitrogens with zero attached hydrogens (tertiary/aromatic N) is 1. The topological polar surface area (TPSA) is 112 Å². The normalized spacial score (nSPS) is 32.5. The SMILES string of the molecule is CC(=O)OC[C@H]1OC(N2CCCCC2)[C@H](O)[C@@H](OC(C)=O)[C@@H]1OC(C)=O. The fraction of sp³-hybridized carbons (Fsp3) is 0.824. The van der Waals surface area contributed by atoms with E-state index < -0.39 is 48.6 Å². The van der Waals surface area contributed by atoms with Gasteiger partial charge in [-0.2, -0.15) is 0 Å². The highest BCUT2D eigenvalue weighted by molar-refractivity contribution is 5.67. The van der Waals surface area contributed by atoms with E-state index in [-0.39, 0.29) is 6.61 Å². The van der Waals surface area contributed by atoms with Crippen LogP contribution in [0.5, 0.6) is 0 Å². The Bertz CT molecular complexity index is 519.